The zero-order valence-corrected chi connectivity index (χ0v) is 15.1. The van der Waals surface area contributed by atoms with Gasteiger partial charge in [-0.1, -0.05) is 25.1 Å². The van der Waals surface area contributed by atoms with Crippen LogP contribution in [0, 0.1) is 12.8 Å². The van der Waals surface area contributed by atoms with Gasteiger partial charge in [-0.25, -0.2) is 0 Å². The summed E-state index contributed by atoms with van der Waals surface area (Å²) in [6, 6.07) is 8.78. The molecule has 134 valence electrons. The number of morpholine rings is 1. The summed E-state index contributed by atoms with van der Waals surface area (Å²) in [5, 5.41) is 1.23. The number of hydrogen-bond acceptors (Lipinski definition) is 3. The Labute approximate surface area is 149 Å². The quantitative estimate of drug-likeness (QED) is 0.858. The molecule has 0 radical (unpaired) electrons. The minimum absolute atomic E-state index is 0.225. The first-order valence-corrected chi connectivity index (χ1v) is 9.27. The van der Waals surface area contributed by atoms with Crippen molar-refractivity contribution in [1.29, 1.82) is 0 Å². The molecule has 1 aromatic carbocycles. The third kappa shape index (κ3) is 3.18. The summed E-state index contributed by atoms with van der Waals surface area (Å²) in [5.74, 6) is 0.744. The Morgan fingerprint density at radius 1 is 1.20 bits per heavy atom. The average molecular weight is 341 g/mol. The van der Waals surface area contributed by atoms with E-state index in [1.54, 1.807) is 0 Å². The van der Waals surface area contributed by atoms with Crippen molar-refractivity contribution in [2.75, 3.05) is 39.4 Å². The van der Waals surface area contributed by atoms with E-state index in [1.165, 1.54) is 10.9 Å². The summed E-state index contributed by atoms with van der Waals surface area (Å²) >= 11 is 0. The van der Waals surface area contributed by atoms with Crippen LogP contribution < -0.4 is 0 Å². The molecule has 2 atom stereocenters. The molecule has 0 bridgehead atoms. The highest BCUT2D eigenvalue weighted by molar-refractivity contribution is 5.86. The Morgan fingerprint density at radius 3 is 2.76 bits per heavy atom. The van der Waals surface area contributed by atoms with Crippen LogP contribution >= 0.6 is 0 Å². The molecule has 5 heteroatoms. The summed E-state index contributed by atoms with van der Waals surface area (Å²) in [4.78, 5) is 17.5. The smallest absolute Gasteiger partial charge is 0.242 e. The maximum atomic E-state index is 12.9. The minimum atomic E-state index is 0.225. The van der Waals surface area contributed by atoms with E-state index in [0.29, 0.717) is 18.5 Å². The number of aromatic nitrogens is 1. The molecule has 2 saturated heterocycles. The van der Waals surface area contributed by atoms with E-state index in [-0.39, 0.29) is 5.91 Å². The number of nitrogens with zero attached hydrogens (tertiary/aromatic N) is 3. The van der Waals surface area contributed by atoms with Crippen LogP contribution in [-0.4, -0.2) is 65.7 Å². The van der Waals surface area contributed by atoms with Crippen molar-refractivity contribution in [2.24, 2.45) is 5.92 Å². The first kappa shape index (κ1) is 16.6. The van der Waals surface area contributed by atoms with Gasteiger partial charge < -0.3 is 14.2 Å². The second-order valence-corrected chi connectivity index (χ2v) is 7.45. The molecule has 1 amide bonds. The van der Waals surface area contributed by atoms with Crippen LogP contribution in [0.5, 0.6) is 0 Å². The second-order valence-electron chi connectivity index (χ2n) is 7.45. The van der Waals surface area contributed by atoms with Gasteiger partial charge in [-0.05, 0) is 24.5 Å². The zero-order valence-electron chi connectivity index (χ0n) is 15.1. The van der Waals surface area contributed by atoms with Gasteiger partial charge in [0.1, 0.15) is 6.54 Å². The molecule has 5 nitrogen and oxygen atoms in total. The standard InChI is InChI=1S/C20H27N3O2/c1-15-11-22(18-6-4-3-5-17(15)18)14-20(24)23-12-16(2)19(13-23)21-7-9-25-10-8-21/h3-6,11,16,19H,7-10,12-14H2,1-2H3/t16-,19+/m0/s1. The van der Waals surface area contributed by atoms with Gasteiger partial charge in [-0.15, -0.1) is 0 Å². The predicted molar refractivity (Wildman–Crippen MR) is 98.6 cm³/mol. The van der Waals surface area contributed by atoms with E-state index < -0.39 is 0 Å². The Morgan fingerprint density at radius 2 is 1.96 bits per heavy atom. The van der Waals surface area contributed by atoms with E-state index >= 15 is 0 Å². The van der Waals surface area contributed by atoms with Gasteiger partial charge in [-0.2, -0.15) is 0 Å². The molecule has 0 unspecified atom stereocenters. The molecule has 2 aromatic rings. The van der Waals surface area contributed by atoms with E-state index in [0.717, 1.165) is 44.9 Å². The Hall–Kier alpha value is -1.85. The van der Waals surface area contributed by atoms with Crippen LogP contribution in [0.15, 0.2) is 30.5 Å². The largest absolute Gasteiger partial charge is 0.379 e. The lowest BCUT2D eigenvalue weighted by atomic mass is 10.0. The number of likely N-dealkylation sites (tertiary alicyclic amines) is 1. The fourth-order valence-electron chi connectivity index (χ4n) is 4.34. The highest BCUT2D eigenvalue weighted by atomic mass is 16.5. The summed E-state index contributed by atoms with van der Waals surface area (Å²) in [6.07, 6.45) is 2.10. The van der Waals surface area contributed by atoms with Crippen molar-refractivity contribution in [1.82, 2.24) is 14.4 Å². The molecular formula is C20H27N3O2. The number of carbonyl (C=O) groups excluding carboxylic acids is 1. The molecule has 0 aliphatic carbocycles. The molecule has 0 saturated carbocycles. The van der Waals surface area contributed by atoms with Crippen molar-refractivity contribution in [3.8, 4) is 0 Å². The van der Waals surface area contributed by atoms with Gasteiger partial charge >= 0.3 is 0 Å². The van der Waals surface area contributed by atoms with Crippen molar-refractivity contribution in [3.63, 3.8) is 0 Å². The summed E-state index contributed by atoms with van der Waals surface area (Å²) < 4.78 is 7.56. The topological polar surface area (TPSA) is 37.7 Å². The number of fused-ring (bicyclic) bond motifs is 1. The first-order valence-electron chi connectivity index (χ1n) is 9.27. The van der Waals surface area contributed by atoms with Crippen LogP contribution in [0.2, 0.25) is 0 Å². The second kappa shape index (κ2) is 6.81. The molecule has 4 rings (SSSR count). The summed E-state index contributed by atoms with van der Waals surface area (Å²) in [5.41, 5.74) is 2.37. The first-order chi connectivity index (χ1) is 12.1. The van der Waals surface area contributed by atoms with Crippen LogP contribution in [0.4, 0.5) is 0 Å². The molecular weight excluding hydrogens is 314 g/mol. The van der Waals surface area contributed by atoms with Crippen molar-refractivity contribution in [2.45, 2.75) is 26.4 Å². The molecule has 2 aliphatic heterocycles. The third-order valence-corrected chi connectivity index (χ3v) is 5.73. The molecule has 1 aromatic heterocycles. The molecule has 0 N–H and O–H groups in total. The van der Waals surface area contributed by atoms with Gasteiger partial charge in [0.05, 0.1) is 13.2 Å². The lowest BCUT2D eigenvalue weighted by Crippen LogP contribution is -2.47. The van der Waals surface area contributed by atoms with Gasteiger partial charge in [0, 0.05) is 49.3 Å². The maximum absolute atomic E-state index is 12.9. The van der Waals surface area contributed by atoms with Gasteiger partial charge in [0.15, 0.2) is 0 Å². The fourth-order valence-corrected chi connectivity index (χ4v) is 4.34. The Bertz CT molecular complexity index is 763. The number of hydrogen-bond donors (Lipinski definition) is 0. The van der Waals surface area contributed by atoms with E-state index in [9.17, 15) is 4.79 Å². The lowest BCUT2D eigenvalue weighted by molar-refractivity contribution is -0.131. The van der Waals surface area contributed by atoms with Crippen LogP contribution in [-0.2, 0) is 16.1 Å². The molecule has 2 fully saturated rings. The number of amides is 1. The lowest BCUT2D eigenvalue weighted by Gasteiger charge is -2.34. The highest BCUT2D eigenvalue weighted by Crippen LogP contribution is 2.24. The average Bonchev–Trinajstić information content (AvgIpc) is 3.17. The van der Waals surface area contributed by atoms with Crippen LogP contribution in [0.3, 0.4) is 0 Å². The van der Waals surface area contributed by atoms with E-state index in [2.05, 4.69) is 52.6 Å². The van der Waals surface area contributed by atoms with Crippen LogP contribution in [0.25, 0.3) is 10.9 Å². The third-order valence-electron chi connectivity index (χ3n) is 5.73. The molecule has 0 spiro atoms. The highest BCUT2D eigenvalue weighted by Gasteiger charge is 2.36. The number of benzene rings is 1. The molecule has 3 heterocycles. The summed E-state index contributed by atoms with van der Waals surface area (Å²) in [6.45, 7) is 10.1. The normalized spacial score (nSPS) is 25.0. The summed E-state index contributed by atoms with van der Waals surface area (Å²) in [7, 11) is 0. The van der Waals surface area contributed by atoms with E-state index in [1.807, 2.05) is 6.07 Å². The maximum Gasteiger partial charge on any atom is 0.242 e. The van der Waals surface area contributed by atoms with Crippen molar-refractivity contribution >= 4 is 16.8 Å². The SMILES string of the molecule is Cc1cn(CC(=O)N2C[C@@H](N3CCOCC3)[C@@H](C)C2)c2ccccc12. The van der Waals surface area contributed by atoms with Crippen molar-refractivity contribution < 1.29 is 9.53 Å². The number of aryl methyl sites for hydroxylation is 1. The monoisotopic (exact) mass is 341 g/mol. The Kier molecular flexibility index (Phi) is 4.52. The number of para-hydroxylation sites is 1. The fraction of sp³-hybridized carbons (Fsp3) is 0.550. The van der Waals surface area contributed by atoms with Gasteiger partial charge in [0.2, 0.25) is 5.91 Å². The number of rotatable bonds is 3. The van der Waals surface area contributed by atoms with Gasteiger partial charge in [-0.3, -0.25) is 9.69 Å². The molecule has 2 aliphatic rings. The predicted octanol–water partition coefficient (Wildman–Crippen LogP) is 2.13. The minimum Gasteiger partial charge on any atom is -0.379 e. The number of carbonyl (C=O) groups is 1. The van der Waals surface area contributed by atoms with Crippen molar-refractivity contribution in [3.05, 3.63) is 36.0 Å². The van der Waals surface area contributed by atoms with E-state index in [4.69, 9.17) is 4.74 Å². The number of ether oxygens (including phenoxy) is 1. The van der Waals surface area contributed by atoms with Gasteiger partial charge in [0.25, 0.3) is 0 Å². The molecule has 25 heavy (non-hydrogen) atoms. The van der Waals surface area contributed by atoms with Crippen LogP contribution in [0.1, 0.15) is 12.5 Å². The Balaban J connectivity index is 1.46. The zero-order chi connectivity index (χ0) is 17.4.